The fourth-order valence-corrected chi connectivity index (χ4v) is 1.14. The second-order valence-electron chi connectivity index (χ2n) is 2.70. The standard InChI is InChI=1S/C10H12ClNO.Na.H/c11-7-6-10(13)12-8-9-4-2-1-3-5-9;;/h1-5H,6-8H2,(H,12,13);;. The summed E-state index contributed by atoms with van der Waals surface area (Å²) in [5.74, 6) is 0.375. The summed E-state index contributed by atoms with van der Waals surface area (Å²) < 4.78 is 0. The number of carbonyl (C=O) groups excluding carboxylic acids is 1. The van der Waals surface area contributed by atoms with Crippen LogP contribution in [0.3, 0.4) is 0 Å². The first-order valence-corrected chi connectivity index (χ1v) is 4.73. The number of alkyl halides is 1. The molecule has 1 aromatic carbocycles. The fourth-order valence-electron chi connectivity index (χ4n) is 0.971. The topological polar surface area (TPSA) is 29.1 Å². The molecule has 1 rings (SSSR count). The minimum atomic E-state index is -0.00106. The van der Waals surface area contributed by atoms with Gasteiger partial charge in [0.15, 0.2) is 0 Å². The Balaban J connectivity index is 0.00000169. The number of rotatable bonds is 4. The van der Waals surface area contributed by atoms with Crippen LogP contribution in [-0.4, -0.2) is 41.3 Å². The predicted molar refractivity (Wildman–Crippen MR) is 60.8 cm³/mol. The van der Waals surface area contributed by atoms with E-state index in [0.29, 0.717) is 18.8 Å². The third kappa shape index (κ3) is 5.66. The van der Waals surface area contributed by atoms with E-state index >= 15 is 0 Å². The summed E-state index contributed by atoms with van der Waals surface area (Å²) in [6, 6.07) is 9.79. The molecule has 1 N–H and O–H groups in total. The first-order chi connectivity index (χ1) is 6.33. The van der Waals surface area contributed by atoms with Crippen molar-refractivity contribution in [2.45, 2.75) is 13.0 Å². The molecule has 0 aliphatic carbocycles. The molecule has 0 saturated carbocycles. The zero-order valence-corrected chi connectivity index (χ0v) is 8.05. The molecule has 1 aromatic rings. The molecular formula is C10H13ClNNaO. The van der Waals surface area contributed by atoms with Crippen LogP contribution in [0, 0.1) is 0 Å². The van der Waals surface area contributed by atoms with Gasteiger partial charge in [-0.2, -0.15) is 0 Å². The Kier molecular flexibility index (Phi) is 8.29. The van der Waals surface area contributed by atoms with E-state index in [4.69, 9.17) is 11.6 Å². The van der Waals surface area contributed by atoms with Gasteiger partial charge in [-0.15, -0.1) is 11.6 Å². The number of benzene rings is 1. The van der Waals surface area contributed by atoms with Gasteiger partial charge in [0.1, 0.15) is 0 Å². The second-order valence-corrected chi connectivity index (χ2v) is 3.08. The Bertz CT molecular complexity index is 266. The molecule has 0 atom stereocenters. The van der Waals surface area contributed by atoms with Crippen LogP contribution in [0.2, 0.25) is 0 Å². The molecule has 1 amide bonds. The number of amides is 1. The first-order valence-electron chi connectivity index (χ1n) is 4.19. The van der Waals surface area contributed by atoms with Crippen molar-refractivity contribution in [1.29, 1.82) is 0 Å². The minimum absolute atomic E-state index is 0. The van der Waals surface area contributed by atoms with E-state index < -0.39 is 0 Å². The summed E-state index contributed by atoms with van der Waals surface area (Å²) in [6.07, 6.45) is 0.383. The van der Waals surface area contributed by atoms with Crippen molar-refractivity contribution < 1.29 is 4.79 Å². The summed E-state index contributed by atoms with van der Waals surface area (Å²) in [5, 5.41) is 2.78. The molecule has 0 fully saturated rings. The van der Waals surface area contributed by atoms with Crippen molar-refractivity contribution in [2.24, 2.45) is 0 Å². The summed E-state index contributed by atoms with van der Waals surface area (Å²) in [5.41, 5.74) is 1.10. The summed E-state index contributed by atoms with van der Waals surface area (Å²) in [6.45, 7) is 0.580. The van der Waals surface area contributed by atoms with Crippen molar-refractivity contribution in [3.63, 3.8) is 0 Å². The van der Waals surface area contributed by atoms with Gasteiger partial charge in [0, 0.05) is 18.8 Å². The number of hydrogen-bond acceptors (Lipinski definition) is 1. The molecule has 2 nitrogen and oxygen atoms in total. The van der Waals surface area contributed by atoms with Gasteiger partial charge < -0.3 is 5.32 Å². The second kappa shape index (κ2) is 8.30. The van der Waals surface area contributed by atoms with E-state index in [1.165, 1.54) is 0 Å². The monoisotopic (exact) mass is 221 g/mol. The fraction of sp³-hybridized carbons (Fsp3) is 0.300. The summed E-state index contributed by atoms with van der Waals surface area (Å²) >= 11 is 5.42. The number of hydrogen-bond donors (Lipinski definition) is 1. The normalized spacial score (nSPS) is 8.93. The van der Waals surface area contributed by atoms with E-state index in [-0.39, 0.29) is 35.5 Å². The van der Waals surface area contributed by atoms with Crippen LogP contribution in [0.5, 0.6) is 0 Å². The molecule has 0 aliphatic heterocycles. The van der Waals surface area contributed by atoms with Crippen molar-refractivity contribution in [3.8, 4) is 0 Å². The first kappa shape index (κ1) is 14.0. The molecule has 0 unspecified atom stereocenters. The molecule has 0 aliphatic rings. The van der Waals surface area contributed by atoms with Gasteiger partial charge in [-0.05, 0) is 5.56 Å². The molecule has 0 spiro atoms. The van der Waals surface area contributed by atoms with Gasteiger partial charge in [-0.3, -0.25) is 4.79 Å². The Morgan fingerprint density at radius 3 is 2.50 bits per heavy atom. The van der Waals surface area contributed by atoms with Crippen molar-refractivity contribution in [3.05, 3.63) is 35.9 Å². The van der Waals surface area contributed by atoms with Gasteiger partial charge >= 0.3 is 29.6 Å². The van der Waals surface area contributed by atoms with Gasteiger partial charge in [0.05, 0.1) is 0 Å². The molecule has 0 saturated heterocycles. The van der Waals surface area contributed by atoms with E-state index in [9.17, 15) is 4.79 Å². The van der Waals surface area contributed by atoms with Crippen molar-refractivity contribution in [2.75, 3.05) is 5.88 Å². The Morgan fingerprint density at radius 2 is 1.93 bits per heavy atom. The van der Waals surface area contributed by atoms with Crippen LogP contribution in [0.1, 0.15) is 12.0 Å². The third-order valence-corrected chi connectivity index (χ3v) is 1.84. The van der Waals surface area contributed by atoms with Crippen LogP contribution in [-0.2, 0) is 11.3 Å². The van der Waals surface area contributed by atoms with E-state index in [1.54, 1.807) is 0 Å². The average molecular weight is 222 g/mol. The van der Waals surface area contributed by atoms with Crippen LogP contribution in [0.4, 0.5) is 0 Å². The van der Waals surface area contributed by atoms with Gasteiger partial charge in [0.2, 0.25) is 5.91 Å². The number of carbonyl (C=O) groups is 1. The molecule has 14 heavy (non-hydrogen) atoms. The number of halogens is 1. The molecule has 72 valence electrons. The maximum atomic E-state index is 11.0. The van der Waals surface area contributed by atoms with E-state index in [1.807, 2.05) is 30.3 Å². The van der Waals surface area contributed by atoms with E-state index in [2.05, 4.69) is 5.32 Å². The van der Waals surface area contributed by atoms with Crippen LogP contribution < -0.4 is 5.32 Å². The molecule has 0 aromatic heterocycles. The average Bonchev–Trinajstić information content (AvgIpc) is 2.17. The van der Waals surface area contributed by atoms with E-state index in [0.717, 1.165) is 5.56 Å². The quantitative estimate of drug-likeness (QED) is 0.603. The van der Waals surface area contributed by atoms with Gasteiger partial charge in [-0.1, -0.05) is 30.3 Å². The SMILES string of the molecule is O=C(CCCl)NCc1ccccc1.[NaH]. The maximum absolute atomic E-state index is 11.0. The molecule has 0 radical (unpaired) electrons. The van der Waals surface area contributed by atoms with Crippen molar-refractivity contribution in [1.82, 2.24) is 5.32 Å². The third-order valence-electron chi connectivity index (χ3n) is 1.65. The Morgan fingerprint density at radius 1 is 1.29 bits per heavy atom. The Labute approximate surface area is 111 Å². The molecule has 0 bridgehead atoms. The van der Waals surface area contributed by atoms with Crippen LogP contribution in [0.15, 0.2) is 30.3 Å². The number of nitrogens with one attached hydrogen (secondary N) is 1. The summed E-state index contributed by atoms with van der Waals surface area (Å²) in [4.78, 5) is 11.0. The molecule has 4 heteroatoms. The van der Waals surface area contributed by atoms with Gasteiger partial charge in [-0.25, -0.2) is 0 Å². The molecule has 0 heterocycles. The van der Waals surface area contributed by atoms with Crippen molar-refractivity contribution >= 4 is 47.1 Å². The molecular weight excluding hydrogens is 209 g/mol. The Hall–Kier alpha value is -0.0200. The van der Waals surface area contributed by atoms with Crippen LogP contribution in [0.25, 0.3) is 0 Å². The zero-order chi connectivity index (χ0) is 9.52. The summed E-state index contributed by atoms with van der Waals surface area (Å²) in [7, 11) is 0. The van der Waals surface area contributed by atoms with Crippen LogP contribution >= 0.6 is 11.6 Å². The predicted octanol–water partition coefficient (Wildman–Crippen LogP) is 1.28. The zero-order valence-electron chi connectivity index (χ0n) is 7.29. The van der Waals surface area contributed by atoms with Gasteiger partial charge in [0.25, 0.3) is 0 Å².